The lowest BCUT2D eigenvalue weighted by Crippen LogP contribution is -2.23. The average molecular weight is 385 g/mol. The molecule has 0 amide bonds. The Hall–Kier alpha value is -2.00. The molecule has 2 rings (SSSR count). The van der Waals surface area contributed by atoms with Crippen LogP contribution in [0.25, 0.3) is 0 Å². The minimum atomic E-state index is -0.447. The summed E-state index contributed by atoms with van der Waals surface area (Å²) in [7, 11) is 0. The standard InChI is InChI=1S/C25H36O3/c1-7-21(8-2)28-23-15-11-20(12-16-23)25(5,6)19-9-13-22(14-10-19)27-17-24(26)18(3)4/h9-16,18,21,24,26H,7-8,17H2,1-6H3. The quantitative estimate of drug-likeness (QED) is 0.548. The molecule has 0 saturated carbocycles. The largest absolute Gasteiger partial charge is 0.491 e. The zero-order chi connectivity index (χ0) is 20.7. The first-order chi connectivity index (χ1) is 13.3. The maximum atomic E-state index is 9.89. The first kappa shape index (κ1) is 22.3. The predicted molar refractivity (Wildman–Crippen MR) is 116 cm³/mol. The Kier molecular flexibility index (Phi) is 7.94. The molecule has 2 aromatic rings. The summed E-state index contributed by atoms with van der Waals surface area (Å²) in [5.41, 5.74) is 2.34. The number of ether oxygens (including phenoxy) is 2. The van der Waals surface area contributed by atoms with Crippen molar-refractivity contribution in [3.05, 3.63) is 59.7 Å². The second-order valence-corrected chi connectivity index (χ2v) is 8.35. The van der Waals surface area contributed by atoms with Crippen LogP contribution in [0.4, 0.5) is 0 Å². The van der Waals surface area contributed by atoms with Crippen LogP contribution in [0.15, 0.2) is 48.5 Å². The number of benzene rings is 2. The molecule has 3 nitrogen and oxygen atoms in total. The Bertz CT molecular complexity index is 698. The fourth-order valence-electron chi connectivity index (χ4n) is 3.11. The monoisotopic (exact) mass is 384 g/mol. The number of hydrogen-bond acceptors (Lipinski definition) is 3. The minimum Gasteiger partial charge on any atom is -0.491 e. The van der Waals surface area contributed by atoms with Crippen LogP contribution in [0.5, 0.6) is 11.5 Å². The highest BCUT2D eigenvalue weighted by Gasteiger charge is 2.23. The van der Waals surface area contributed by atoms with Gasteiger partial charge in [-0.15, -0.1) is 0 Å². The lowest BCUT2D eigenvalue weighted by atomic mass is 9.78. The highest BCUT2D eigenvalue weighted by molar-refractivity contribution is 5.41. The SMILES string of the molecule is CCC(CC)Oc1ccc(C(C)(C)c2ccc(OCC(O)C(C)C)cc2)cc1. The van der Waals surface area contributed by atoms with Crippen LogP contribution in [0.1, 0.15) is 65.5 Å². The third-order valence-electron chi connectivity index (χ3n) is 5.56. The van der Waals surface area contributed by atoms with Crippen molar-refractivity contribution < 1.29 is 14.6 Å². The molecule has 0 aromatic heterocycles. The number of rotatable bonds is 10. The number of hydrogen-bond donors (Lipinski definition) is 1. The normalized spacial score (nSPS) is 13.0. The van der Waals surface area contributed by atoms with Crippen LogP contribution >= 0.6 is 0 Å². The predicted octanol–water partition coefficient (Wildman–Crippen LogP) is 5.98. The zero-order valence-electron chi connectivity index (χ0n) is 18.2. The summed E-state index contributed by atoms with van der Waals surface area (Å²) in [6.45, 7) is 13.1. The van der Waals surface area contributed by atoms with E-state index in [0.29, 0.717) is 6.61 Å². The van der Waals surface area contributed by atoms with Crippen molar-refractivity contribution >= 4 is 0 Å². The summed E-state index contributed by atoms with van der Waals surface area (Å²) in [6.07, 6.45) is 1.87. The van der Waals surface area contributed by atoms with Crippen molar-refractivity contribution in [1.82, 2.24) is 0 Å². The molecule has 0 bridgehead atoms. The maximum Gasteiger partial charge on any atom is 0.119 e. The van der Waals surface area contributed by atoms with Gasteiger partial charge in [-0.25, -0.2) is 0 Å². The summed E-state index contributed by atoms with van der Waals surface area (Å²) in [6, 6.07) is 16.6. The number of aliphatic hydroxyl groups is 1. The number of aliphatic hydroxyl groups excluding tert-OH is 1. The molecule has 0 radical (unpaired) electrons. The highest BCUT2D eigenvalue weighted by atomic mass is 16.5. The fourth-order valence-corrected chi connectivity index (χ4v) is 3.11. The molecule has 154 valence electrons. The topological polar surface area (TPSA) is 38.7 Å². The molecule has 0 aliphatic heterocycles. The Morgan fingerprint density at radius 2 is 1.29 bits per heavy atom. The van der Waals surface area contributed by atoms with Crippen molar-refractivity contribution in [2.75, 3.05) is 6.61 Å². The molecule has 0 spiro atoms. The molecule has 1 unspecified atom stereocenters. The molecule has 28 heavy (non-hydrogen) atoms. The van der Waals surface area contributed by atoms with E-state index in [4.69, 9.17) is 9.47 Å². The molecule has 1 N–H and O–H groups in total. The van der Waals surface area contributed by atoms with E-state index in [1.807, 2.05) is 26.0 Å². The summed E-state index contributed by atoms with van der Waals surface area (Å²) in [5.74, 6) is 1.91. The van der Waals surface area contributed by atoms with Gasteiger partial charge in [0.1, 0.15) is 18.1 Å². The second-order valence-electron chi connectivity index (χ2n) is 8.35. The van der Waals surface area contributed by atoms with Crippen molar-refractivity contribution in [2.45, 2.75) is 72.0 Å². The van der Waals surface area contributed by atoms with E-state index in [9.17, 15) is 5.11 Å². The Morgan fingerprint density at radius 3 is 1.71 bits per heavy atom. The molecular formula is C25H36O3. The van der Waals surface area contributed by atoms with E-state index in [2.05, 4.69) is 64.1 Å². The van der Waals surface area contributed by atoms with Gasteiger partial charge >= 0.3 is 0 Å². The Balaban J connectivity index is 2.07. The first-order valence-corrected chi connectivity index (χ1v) is 10.5. The van der Waals surface area contributed by atoms with Gasteiger partial charge in [0.05, 0.1) is 12.2 Å². The van der Waals surface area contributed by atoms with Gasteiger partial charge in [0.15, 0.2) is 0 Å². The fraction of sp³-hybridized carbons (Fsp3) is 0.520. The van der Waals surface area contributed by atoms with E-state index in [1.54, 1.807) is 0 Å². The molecule has 2 aromatic carbocycles. The zero-order valence-corrected chi connectivity index (χ0v) is 18.2. The van der Waals surface area contributed by atoms with Gasteiger partial charge in [0.25, 0.3) is 0 Å². The summed E-state index contributed by atoms with van der Waals surface area (Å²) in [5, 5.41) is 9.89. The van der Waals surface area contributed by atoms with Crippen LogP contribution in [0, 0.1) is 5.92 Å². The van der Waals surface area contributed by atoms with Crippen molar-refractivity contribution in [3.8, 4) is 11.5 Å². The molecule has 1 atom stereocenters. The Labute approximate surface area is 170 Å². The van der Waals surface area contributed by atoms with Crippen LogP contribution in [-0.4, -0.2) is 23.9 Å². The van der Waals surface area contributed by atoms with Gasteiger partial charge in [-0.2, -0.15) is 0 Å². The Morgan fingerprint density at radius 1 is 0.821 bits per heavy atom. The van der Waals surface area contributed by atoms with Crippen molar-refractivity contribution in [2.24, 2.45) is 5.92 Å². The maximum absolute atomic E-state index is 9.89. The van der Waals surface area contributed by atoms with Crippen molar-refractivity contribution in [1.29, 1.82) is 0 Å². The molecule has 0 aliphatic rings. The van der Waals surface area contributed by atoms with E-state index >= 15 is 0 Å². The minimum absolute atomic E-state index is 0.122. The summed E-state index contributed by atoms with van der Waals surface area (Å²) >= 11 is 0. The van der Waals surface area contributed by atoms with Crippen LogP contribution < -0.4 is 9.47 Å². The lowest BCUT2D eigenvalue weighted by Gasteiger charge is -2.27. The van der Waals surface area contributed by atoms with E-state index in [0.717, 1.165) is 24.3 Å². The van der Waals surface area contributed by atoms with Gasteiger partial charge in [0.2, 0.25) is 0 Å². The average Bonchev–Trinajstić information content (AvgIpc) is 2.70. The second kappa shape index (κ2) is 9.97. The van der Waals surface area contributed by atoms with Crippen LogP contribution in [0.3, 0.4) is 0 Å². The smallest absolute Gasteiger partial charge is 0.119 e. The van der Waals surface area contributed by atoms with Crippen LogP contribution in [-0.2, 0) is 5.41 Å². The molecule has 0 heterocycles. The first-order valence-electron chi connectivity index (χ1n) is 10.5. The molecule has 3 heteroatoms. The van der Waals surface area contributed by atoms with Crippen LogP contribution in [0.2, 0.25) is 0 Å². The molecule has 0 fully saturated rings. The van der Waals surface area contributed by atoms with E-state index in [-0.39, 0.29) is 17.4 Å². The molecular weight excluding hydrogens is 348 g/mol. The third kappa shape index (κ3) is 5.75. The molecule has 0 aliphatic carbocycles. The van der Waals surface area contributed by atoms with Gasteiger partial charge in [-0.1, -0.05) is 65.8 Å². The van der Waals surface area contributed by atoms with Gasteiger partial charge in [-0.3, -0.25) is 0 Å². The summed E-state index contributed by atoms with van der Waals surface area (Å²) < 4.78 is 11.7. The van der Waals surface area contributed by atoms with E-state index < -0.39 is 6.10 Å². The van der Waals surface area contributed by atoms with Gasteiger partial charge in [0, 0.05) is 5.41 Å². The third-order valence-corrected chi connectivity index (χ3v) is 5.56. The van der Waals surface area contributed by atoms with E-state index in [1.165, 1.54) is 11.1 Å². The van der Waals surface area contributed by atoms with Gasteiger partial charge < -0.3 is 14.6 Å². The highest BCUT2D eigenvalue weighted by Crippen LogP contribution is 2.33. The lowest BCUT2D eigenvalue weighted by molar-refractivity contribution is 0.0701. The van der Waals surface area contributed by atoms with Gasteiger partial charge in [-0.05, 0) is 54.2 Å². The summed E-state index contributed by atoms with van der Waals surface area (Å²) in [4.78, 5) is 0. The van der Waals surface area contributed by atoms with Crippen molar-refractivity contribution in [3.63, 3.8) is 0 Å². The molecule has 0 saturated heterocycles.